The molecule has 28 heavy (non-hydrogen) atoms. The van der Waals surface area contributed by atoms with Gasteiger partial charge in [0, 0.05) is 0 Å². The molecule has 142 valence electrons. The summed E-state index contributed by atoms with van der Waals surface area (Å²) in [5.41, 5.74) is 5.45. The van der Waals surface area contributed by atoms with E-state index in [1.54, 1.807) is 0 Å². The number of carbonyl (C=O) groups is 1. The van der Waals surface area contributed by atoms with Gasteiger partial charge in [-0.05, 0) is 62.1 Å². The van der Waals surface area contributed by atoms with Gasteiger partial charge in [0.25, 0.3) is 11.5 Å². The first-order chi connectivity index (χ1) is 13.3. The third kappa shape index (κ3) is 2.94. The van der Waals surface area contributed by atoms with E-state index in [4.69, 9.17) is 0 Å². The molecule has 7 heteroatoms. The lowest BCUT2D eigenvalue weighted by Crippen LogP contribution is -2.28. The molecule has 4 aromatic rings. The van der Waals surface area contributed by atoms with E-state index in [1.807, 2.05) is 64.1 Å². The highest BCUT2D eigenvalue weighted by atomic mass is 16.2. The first-order valence-electron chi connectivity index (χ1n) is 9.11. The third-order valence-electron chi connectivity index (χ3n) is 5.11. The molecule has 0 aliphatic carbocycles. The Labute approximate surface area is 161 Å². The van der Waals surface area contributed by atoms with Gasteiger partial charge >= 0.3 is 0 Å². The topological polar surface area (TPSA) is 92.1 Å². The van der Waals surface area contributed by atoms with Crippen LogP contribution in [0, 0.1) is 20.8 Å². The molecule has 0 radical (unpaired) electrons. The summed E-state index contributed by atoms with van der Waals surface area (Å²) in [6.45, 7) is 7.92. The van der Waals surface area contributed by atoms with E-state index in [0.29, 0.717) is 11.0 Å². The Morgan fingerprint density at radius 1 is 1.11 bits per heavy atom. The molecule has 0 bridgehead atoms. The van der Waals surface area contributed by atoms with E-state index in [9.17, 15) is 9.59 Å². The lowest BCUT2D eigenvalue weighted by Gasteiger charge is -2.15. The van der Waals surface area contributed by atoms with Gasteiger partial charge in [-0.2, -0.15) is 0 Å². The molecule has 0 aliphatic rings. The molecule has 4 rings (SSSR count). The number of aromatic nitrogens is 4. The zero-order valence-electron chi connectivity index (χ0n) is 16.2. The zero-order valence-corrected chi connectivity index (χ0v) is 16.2. The van der Waals surface area contributed by atoms with Gasteiger partial charge in [-0.3, -0.25) is 9.59 Å². The summed E-state index contributed by atoms with van der Waals surface area (Å²) in [5.74, 6) is -0.433. The van der Waals surface area contributed by atoms with Crippen LogP contribution in [0.3, 0.4) is 0 Å². The van der Waals surface area contributed by atoms with Gasteiger partial charge in [-0.25, -0.2) is 4.52 Å². The van der Waals surface area contributed by atoms with Crippen molar-refractivity contribution in [1.29, 1.82) is 0 Å². The fourth-order valence-electron chi connectivity index (χ4n) is 3.31. The monoisotopic (exact) mass is 375 g/mol. The molecule has 7 nitrogen and oxygen atoms in total. The summed E-state index contributed by atoms with van der Waals surface area (Å²) in [6.07, 6.45) is 0. The Morgan fingerprint density at radius 3 is 2.64 bits per heavy atom. The van der Waals surface area contributed by atoms with Crippen LogP contribution in [-0.4, -0.2) is 25.7 Å². The Hall–Kier alpha value is -3.48. The highest BCUT2D eigenvalue weighted by Crippen LogP contribution is 2.18. The fourth-order valence-corrected chi connectivity index (χ4v) is 3.31. The van der Waals surface area contributed by atoms with E-state index >= 15 is 0 Å². The standard InChI is InChI=1S/C21H21N5O2/c1-11-5-8-17-16(9-11)23-21(28)19-18(24-25-26(17)19)20(27)22-14(4)15-7-6-12(2)13(3)10-15/h5-10,14H,1-4H3,(H,22,27)(H,23,28)/t14-/m1/s1. The summed E-state index contributed by atoms with van der Waals surface area (Å²) >= 11 is 0. The predicted octanol–water partition coefficient (Wildman–Crippen LogP) is 2.99. The van der Waals surface area contributed by atoms with E-state index in [0.717, 1.165) is 16.7 Å². The molecule has 0 unspecified atom stereocenters. The molecule has 0 fully saturated rings. The number of benzene rings is 2. The van der Waals surface area contributed by atoms with Crippen LogP contribution >= 0.6 is 0 Å². The molecule has 2 aromatic carbocycles. The number of amides is 1. The summed E-state index contributed by atoms with van der Waals surface area (Å²) in [6, 6.07) is 11.5. The van der Waals surface area contributed by atoms with Crippen LogP contribution < -0.4 is 10.9 Å². The van der Waals surface area contributed by atoms with Gasteiger partial charge < -0.3 is 10.3 Å². The van der Waals surface area contributed by atoms with Crippen molar-refractivity contribution in [2.75, 3.05) is 0 Å². The minimum Gasteiger partial charge on any atom is -0.344 e. The summed E-state index contributed by atoms with van der Waals surface area (Å²) in [4.78, 5) is 28.2. The van der Waals surface area contributed by atoms with Crippen LogP contribution in [0.15, 0.2) is 41.2 Å². The molecule has 0 saturated heterocycles. The van der Waals surface area contributed by atoms with Crippen molar-refractivity contribution in [2.45, 2.75) is 33.7 Å². The second kappa shape index (κ2) is 6.60. The normalized spacial score (nSPS) is 12.4. The molecule has 1 atom stereocenters. The maximum atomic E-state index is 12.8. The smallest absolute Gasteiger partial charge is 0.277 e. The van der Waals surface area contributed by atoms with Crippen LogP contribution in [0.5, 0.6) is 0 Å². The maximum Gasteiger partial charge on any atom is 0.277 e. The van der Waals surface area contributed by atoms with Gasteiger partial charge in [0.15, 0.2) is 11.2 Å². The number of hydrogen-bond acceptors (Lipinski definition) is 4. The molecule has 0 saturated carbocycles. The van der Waals surface area contributed by atoms with Crippen molar-refractivity contribution in [1.82, 2.24) is 25.1 Å². The number of carbonyl (C=O) groups excluding carboxylic acids is 1. The molecule has 2 N–H and O–H groups in total. The van der Waals surface area contributed by atoms with E-state index in [2.05, 4.69) is 20.6 Å². The minimum atomic E-state index is -0.433. The number of aryl methyl sites for hydroxylation is 3. The lowest BCUT2D eigenvalue weighted by atomic mass is 10.0. The summed E-state index contributed by atoms with van der Waals surface area (Å²) < 4.78 is 1.42. The average molecular weight is 375 g/mol. The van der Waals surface area contributed by atoms with Gasteiger partial charge in [-0.15, -0.1) is 5.10 Å². The quantitative estimate of drug-likeness (QED) is 0.576. The average Bonchev–Trinajstić information content (AvgIpc) is 3.09. The van der Waals surface area contributed by atoms with Crippen LogP contribution in [0.2, 0.25) is 0 Å². The van der Waals surface area contributed by atoms with Crippen molar-refractivity contribution >= 4 is 22.5 Å². The molecular formula is C21H21N5O2. The molecule has 2 heterocycles. The van der Waals surface area contributed by atoms with Crippen molar-refractivity contribution in [2.24, 2.45) is 0 Å². The Morgan fingerprint density at radius 2 is 1.89 bits per heavy atom. The summed E-state index contributed by atoms with van der Waals surface area (Å²) in [7, 11) is 0. The molecule has 0 aliphatic heterocycles. The summed E-state index contributed by atoms with van der Waals surface area (Å²) in [5, 5.41) is 11.0. The number of fused-ring (bicyclic) bond motifs is 3. The van der Waals surface area contributed by atoms with E-state index in [1.165, 1.54) is 10.1 Å². The van der Waals surface area contributed by atoms with Crippen LogP contribution in [0.25, 0.3) is 16.6 Å². The first kappa shape index (κ1) is 17.9. The number of nitrogens with one attached hydrogen (secondary N) is 2. The second-order valence-corrected chi connectivity index (χ2v) is 7.21. The number of H-pyrrole nitrogens is 1. The Kier molecular flexibility index (Phi) is 4.22. The van der Waals surface area contributed by atoms with Crippen molar-refractivity contribution in [3.8, 4) is 0 Å². The molecule has 2 aromatic heterocycles. The number of hydrogen-bond donors (Lipinski definition) is 2. The zero-order chi connectivity index (χ0) is 20.0. The van der Waals surface area contributed by atoms with Gasteiger partial charge in [-0.1, -0.05) is 29.5 Å². The second-order valence-electron chi connectivity index (χ2n) is 7.21. The van der Waals surface area contributed by atoms with Crippen LogP contribution in [0.4, 0.5) is 0 Å². The molecular weight excluding hydrogens is 354 g/mol. The minimum absolute atomic E-state index is 0.0133. The van der Waals surface area contributed by atoms with Gasteiger partial charge in [0.05, 0.1) is 17.1 Å². The maximum absolute atomic E-state index is 12.8. The Bertz CT molecular complexity index is 1290. The van der Waals surface area contributed by atoms with Crippen LogP contribution in [0.1, 0.15) is 45.7 Å². The van der Waals surface area contributed by atoms with Crippen molar-refractivity contribution in [3.63, 3.8) is 0 Å². The largest absolute Gasteiger partial charge is 0.344 e. The predicted molar refractivity (Wildman–Crippen MR) is 108 cm³/mol. The number of aromatic amines is 1. The number of rotatable bonds is 3. The molecule has 1 amide bonds. The highest BCUT2D eigenvalue weighted by molar-refractivity contribution is 5.99. The molecule has 0 spiro atoms. The van der Waals surface area contributed by atoms with Gasteiger partial charge in [0.2, 0.25) is 0 Å². The lowest BCUT2D eigenvalue weighted by molar-refractivity contribution is 0.0936. The number of nitrogens with zero attached hydrogens (tertiary/aromatic N) is 3. The fraction of sp³-hybridized carbons (Fsp3) is 0.238. The van der Waals surface area contributed by atoms with Gasteiger partial charge in [0.1, 0.15) is 0 Å². The third-order valence-corrected chi connectivity index (χ3v) is 5.11. The SMILES string of the molecule is Cc1ccc2c(c1)[nH]c(=O)c1c(C(=O)N[C@H](C)c3ccc(C)c(C)c3)nnn12. The Balaban J connectivity index is 1.72. The van der Waals surface area contributed by atoms with Crippen molar-refractivity contribution in [3.05, 3.63) is 74.7 Å². The highest BCUT2D eigenvalue weighted by Gasteiger charge is 2.21. The first-order valence-corrected chi connectivity index (χ1v) is 9.11. The van der Waals surface area contributed by atoms with E-state index in [-0.39, 0.29) is 17.3 Å². The van der Waals surface area contributed by atoms with Crippen LogP contribution in [-0.2, 0) is 0 Å². The van der Waals surface area contributed by atoms with E-state index < -0.39 is 11.5 Å². The van der Waals surface area contributed by atoms with Crippen molar-refractivity contribution < 1.29 is 4.79 Å².